The molecule has 0 aromatic heterocycles. The molecule has 0 spiro atoms. The summed E-state index contributed by atoms with van der Waals surface area (Å²) < 4.78 is 0. The highest BCUT2D eigenvalue weighted by Crippen LogP contribution is 2.26. The topological polar surface area (TPSA) is 90.0 Å². The predicted octanol–water partition coefficient (Wildman–Crippen LogP) is 3.54. The van der Waals surface area contributed by atoms with Crippen LogP contribution in [0.15, 0.2) is 11.6 Å². The smallest absolute Gasteiger partial charge is 0.331 e. The van der Waals surface area contributed by atoms with Gasteiger partial charge in [-0.1, -0.05) is 47.1 Å². The largest absolute Gasteiger partial charge is 0.478 e. The van der Waals surface area contributed by atoms with E-state index in [0.717, 1.165) is 25.8 Å². The van der Waals surface area contributed by atoms with Crippen molar-refractivity contribution < 1.29 is 19.5 Å². The Labute approximate surface area is 194 Å². The normalized spacial score (nSPS) is 22.2. The van der Waals surface area contributed by atoms with Crippen LogP contribution in [0, 0.1) is 17.8 Å². The summed E-state index contributed by atoms with van der Waals surface area (Å²) in [5.74, 6) is -0.743. The first kappa shape index (κ1) is 28.1. The van der Waals surface area contributed by atoms with E-state index < -0.39 is 12.0 Å². The third-order valence-corrected chi connectivity index (χ3v) is 6.73. The van der Waals surface area contributed by atoms with Crippen LogP contribution in [0.5, 0.6) is 0 Å². The van der Waals surface area contributed by atoms with Gasteiger partial charge in [-0.15, -0.1) is 0 Å². The van der Waals surface area contributed by atoms with E-state index in [4.69, 9.17) is 0 Å². The van der Waals surface area contributed by atoms with Crippen LogP contribution in [0.2, 0.25) is 0 Å². The summed E-state index contributed by atoms with van der Waals surface area (Å²) >= 11 is 0. The van der Waals surface area contributed by atoms with Crippen molar-refractivity contribution in [3.8, 4) is 0 Å². The molecule has 1 saturated heterocycles. The van der Waals surface area contributed by atoms with Crippen LogP contribution in [0.25, 0.3) is 0 Å². The van der Waals surface area contributed by atoms with Crippen molar-refractivity contribution in [2.24, 2.45) is 17.8 Å². The minimum atomic E-state index is -0.998. The van der Waals surface area contributed by atoms with E-state index in [1.54, 1.807) is 18.0 Å². The molecule has 4 atom stereocenters. The first-order valence-electron chi connectivity index (χ1n) is 12.1. The molecule has 1 unspecified atom stereocenters. The van der Waals surface area contributed by atoms with Crippen LogP contribution in [0.1, 0.15) is 74.7 Å². The van der Waals surface area contributed by atoms with Gasteiger partial charge < -0.3 is 15.3 Å². The second-order valence-electron chi connectivity index (χ2n) is 10.2. The van der Waals surface area contributed by atoms with Crippen molar-refractivity contribution in [3.05, 3.63) is 11.6 Å². The lowest BCUT2D eigenvalue weighted by atomic mass is 9.89. The quantitative estimate of drug-likeness (QED) is 0.496. The van der Waals surface area contributed by atoms with Crippen molar-refractivity contribution in [1.82, 2.24) is 15.1 Å². The number of rotatable bonds is 10. The second kappa shape index (κ2) is 12.4. The molecule has 2 amide bonds. The maximum absolute atomic E-state index is 13.4. The molecule has 0 aromatic rings. The van der Waals surface area contributed by atoms with E-state index in [9.17, 15) is 19.5 Å². The van der Waals surface area contributed by atoms with Gasteiger partial charge in [-0.3, -0.25) is 14.5 Å². The number of carboxylic acid groups (broad SMARTS) is 1. The van der Waals surface area contributed by atoms with Crippen LogP contribution in [0.4, 0.5) is 0 Å². The van der Waals surface area contributed by atoms with Crippen LogP contribution >= 0.6 is 0 Å². The number of hydrogen-bond acceptors (Lipinski definition) is 4. The number of aliphatic carboxylic acids is 1. The van der Waals surface area contributed by atoms with E-state index in [1.807, 2.05) is 27.7 Å². The molecule has 7 heteroatoms. The molecule has 0 aliphatic carbocycles. The molecule has 0 bridgehead atoms. The third-order valence-electron chi connectivity index (χ3n) is 6.73. The van der Waals surface area contributed by atoms with Gasteiger partial charge in [0.05, 0.1) is 12.1 Å². The van der Waals surface area contributed by atoms with Crippen molar-refractivity contribution in [1.29, 1.82) is 0 Å². The molecular formula is C25H45N3O4. The van der Waals surface area contributed by atoms with Crippen LogP contribution in [0.3, 0.4) is 0 Å². The summed E-state index contributed by atoms with van der Waals surface area (Å²) in [6.45, 7) is 16.6. The Kier molecular flexibility index (Phi) is 10.9. The van der Waals surface area contributed by atoms with Gasteiger partial charge in [0, 0.05) is 25.2 Å². The molecule has 2 N–H and O–H groups in total. The van der Waals surface area contributed by atoms with Gasteiger partial charge in [-0.25, -0.2) is 4.79 Å². The van der Waals surface area contributed by atoms with Crippen molar-refractivity contribution in [3.63, 3.8) is 0 Å². The first-order valence-corrected chi connectivity index (χ1v) is 12.1. The fourth-order valence-corrected chi connectivity index (χ4v) is 4.47. The van der Waals surface area contributed by atoms with E-state index >= 15 is 0 Å². The lowest BCUT2D eigenvalue weighted by molar-refractivity contribution is -0.140. The predicted molar refractivity (Wildman–Crippen MR) is 128 cm³/mol. The van der Waals surface area contributed by atoms with Crippen LogP contribution in [-0.2, 0) is 14.4 Å². The SMILES string of the molecule is CC[C@H]1CCC(C(=O)N[C@H](C(=O)N(C)[C@H](C=C(C)C(=O)O)C(C)C)C(C)C)N(C(C)C)C1. The van der Waals surface area contributed by atoms with Crippen molar-refractivity contribution in [2.45, 2.75) is 98.8 Å². The molecule has 0 aromatic carbocycles. The van der Waals surface area contributed by atoms with Gasteiger partial charge in [0.25, 0.3) is 0 Å². The Hall–Kier alpha value is -1.89. The molecule has 1 heterocycles. The molecule has 0 saturated carbocycles. The summed E-state index contributed by atoms with van der Waals surface area (Å²) in [6.07, 6.45) is 4.55. The Balaban J connectivity index is 3.06. The average molecular weight is 452 g/mol. The average Bonchev–Trinajstić information content (AvgIpc) is 2.73. The van der Waals surface area contributed by atoms with Crippen LogP contribution < -0.4 is 5.32 Å². The van der Waals surface area contributed by atoms with E-state index in [-0.39, 0.29) is 47.3 Å². The third kappa shape index (κ3) is 7.32. The molecule has 1 aliphatic rings. The van der Waals surface area contributed by atoms with Gasteiger partial charge in [-0.2, -0.15) is 0 Å². The van der Waals surface area contributed by atoms with Gasteiger partial charge >= 0.3 is 5.97 Å². The number of carbonyl (C=O) groups is 3. The standard InChI is InChI=1S/C25H45N3O4/c1-10-19-11-12-20(28(14-19)17(6)7)23(29)26-22(16(4)5)24(30)27(9)21(15(2)3)13-18(8)25(31)32/h13,15-17,19-22H,10-12,14H2,1-9H3,(H,26,29)(H,31,32)/t19-,20?,21+,22-/m0/s1. The van der Waals surface area contributed by atoms with E-state index in [1.165, 1.54) is 6.92 Å². The number of nitrogens with zero attached hydrogens (tertiary/aromatic N) is 2. The maximum Gasteiger partial charge on any atom is 0.331 e. The molecule has 0 radical (unpaired) electrons. The van der Waals surface area contributed by atoms with Crippen molar-refractivity contribution >= 4 is 17.8 Å². The molecule has 1 aliphatic heterocycles. The van der Waals surface area contributed by atoms with Gasteiger partial charge in [0.1, 0.15) is 6.04 Å². The number of likely N-dealkylation sites (tertiary alicyclic amines) is 1. The Morgan fingerprint density at radius 1 is 1.09 bits per heavy atom. The van der Waals surface area contributed by atoms with E-state index in [0.29, 0.717) is 5.92 Å². The van der Waals surface area contributed by atoms with Gasteiger partial charge in [-0.05, 0) is 51.4 Å². The van der Waals surface area contributed by atoms with Gasteiger partial charge in [0.15, 0.2) is 0 Å². The zero-order valence-corrected chi connectivity index (χ0v) is 21.5. The fourth-order valence-electron chi connectivity index (χ4n) is 4.47. The van der Waals surface area contributed by atoms with Crippen LogP contribution in [-0.4, -0.2) is 70.4 Å². The summed E-state index contributed by atoms with van der Waals surface area (Å²) in [5, 5.41) is 12.3. The molecule has 1 rings (SSSR count). The highest BCUT2D eigenvalue weighted by molar-refractivity contribution is 5.90. The Morgan fingerprint density at radius 2 is 1.69 bits per heavy atom. The number of likely N-dealkylation sites (N-methyl/N-ethyl adjacent to an activating group) is 1. The highest BCUT2D eigenvalue weighted by atomic mass is 16.4. The molecule has 1 fully saturated rings. The molecule has 7 nitrogen and oxygen atoms in total. The number of hydrogen-bond donors (Lipinski definition) is 2. The van der Waals surface area contributed by atoms with Crippen molar-refractivity contribution in [2.75, 3.05) is 13.6 Å². The lowest BCUT2D eigenvalue weighted by Gasteiger charge is -2.42. The minimum absolute atomic E-state index is 0.0301. The summed E-state index contributed by atoms with van der Waals surface area (Å²) in [5.41, 5.74) is 0.203. The number of carboxylic acids is 1. The maximum atomic E-state index is 13.4. The summed E-state index contributed by atoms with van der Waals surface area (Å²) in [7, 11) is 1.69. The lowest BCUT2D eigenvalue weighted by Crippen LogP contribution is -2.59. The fraction of sp³-hybridized carbons (Fsp3) is 0.800. The number of piperidine rings is 1. The Bertz CT molecular complexity index is 687. The monoisotopic (exact) mass is 451 g/mol. The minimum Gasteiger partial charge on any atom is -0.478 e. The molecule has 32 heavy (non-hydrogen) atoms. The second-order valence-corrected chi connectivity index (χ2v) is 10.2. The Morgan fingerprint density at radius 3 is 2.12 bits per heavy atom. The molecular weight excluding hydrogens is 406 g/mol. The summed E-state index contributed by atoms with van der Waals surface area (Å²) in [4.78, 5) is 41.9. The van der Waals surface area contributed by atoms with Gasteiger partial charge in [0.2, 0.25) is 11.8 Å². The number of carbonyl (C=O) groups excluding carboxylic acids is 2. The highest BCUT2D eigenvalue weighted by Gasteiger charge is 2.37. The zero-order valence-electron chi connectivity index (χ0n) is 21.5. The van der Waals surface area contributed by atoms with E-state index in [2.05, 4.69) is 31.0 Å². The molecule has 184 valence electrons. The summed E-state index contributed by atoms with van der Waals surface area (Å²) in [6, 6.07) is -1.01. The first-order chi connectivity index (χ1) is 14.8. The number of amides is 2. The number of nitrogens with one attached hydrogen (secondary N) is 1. The zero-order chi connectivity index (χ0) is 24.7.